The van der Waals surface area contributed by atoms with Gasteiger partial charge in [0.05, 0.1) is 0 Å². The molecule has 110 valence electrons. The Morgan fingerprint density at radius 1 is 1.50 bits per heavy atom. The van der Waals surface area contributed by atoms with Crippen molar-refractivity contribution in [1.29, 1.82) is 0 Å². The number of nitrogens with one attached hydrogen (secondary N) is 2. The Balaban J connectivity index is 2.17. The van der Waals surface area contributed by atoms with Crippen LogP contribution >= 0.6 is 23.8 Å². The molecule has 0 amide bonds. The highest BCUT2D eigenvalue weighted by Crippen LogP contribution is 2.25. The minimum Gasteiger partial charge on any atom is -0.363 e. The molecule has 0 aromatic carbocycles. The second-order valence-electron chi connectivity index (χ2n) is 4.90. The number of anilines is 2. The number of hydrogen-bond acceptors (Lipinski definition) is 4. The van der Waals surface area contributed by atoms with E-state index in [1.165, 1.54) is 19.3 Å². The fourth-order valence-electron chi connectivity index (χ4n) is 2.35. The van der Waals surface area contributed by atoms with Crippen LogP contribution in [0.2, 0.25) is 5.15 Å². The Kier molecular flexibility index (Phi) is 5.37. The maximum Gasteiger partial charge on any atom is 0.232 e. The number of rotatable bonds is 3. The fourth-order valence-corrected chi connectivity index (χ4v) is 2.77. The van der Waals surface area contributed by atoms with Gasteiger partial charge in [-0.2, -0.15) is 4.98 Å². The van der Waals surface area contributed by atoms with E-state index in [9.17, 15) is 0 Å². The maximum atomic E-state index is 6.10. The molecule has 1 atom stereocenters. The summed E-state index contributed by atoms with van der Waals surface area (Å²) in [4.78, 5) is 11.0. The molecule has 0 aliphatic carbocycles. The lowest BCUT2D eigenvalue weighted by molar-refractivity contribution is 0.481. The van der Waals surface area contributed by atoms with Crippen LogP contribution in [0.1, 0.15) is 33.1 Å². The first kappa shape index (κ1) is 15.3. The molecule has 0 bridgehead atoms. The Morgan fingerprint density at radius 3 is 3.00 bits per heavy atom. The minimum absolute atomic E-state index is 0.426. The second-order valence-corrected chi connectivity index (χ2v) is 5.69. The first-order chi connectivity index (χ1) is 9.60. The van der Waals surface area contributed by atoms with Crippen molar-refractivity contribution in [2.45, 2.75) is 39.2 Å². The van der Waals surface area contributed by atoms with E-state index in [2.05, 4.69) is 32.4 Å². The molecule has 1 fully saturated rings. The van der Waals surface area contributed by atoms with Gasteiger partial charge in [-0.05, 0) is 45.3 Å². The molecule has 2 rings (SSSR count). The summed E-state index contributed by atoms with van der Waals surface area (Å²) in [6.45, 7) is 5.95. The Labute approximate surface area is 130 Å². The SMILES string of the molecule is CCNC(=S)Nc1nc(Cl)cc(N2CCCCC2C)n1. The fraction of sp³-hybridized carbons (Fsp3) is 0.615. The predicted octanol–water partition coefficient (Wildman–Crippen LogP) is 2.82. The van der Waals surface area contributed by atoms with Gasteiger partial charge in [0, 0.05) is 25.2 Å². The number of aromatic nitrogens is 2. The zero-order valence-electron chi connectivity index (χ0n) is 11.8. The molecule has 2 N–H and O–H groups in total. The van der Waals surface area contributed by atoms with Gasteiger partial charge in [-0.3, -0.25) is 0 Å². The summed E-state index contributed by atoms with van der Waals surface area (Å²) in [7, 11) is 0. The van der Waals surface area contributed by atoms with Crippen LogP contribution in [-0.2, 0) is 0 Å². The lowest BCUT2D eigenvalue weighted by Crippen LogP contribution is -2.38. The zero-order valence-corrected chi connectivity index (χ0v) is 13.4. The lowest BCUT2D eigenvalue weighted by Gasteiger charge is -2.34. The number of halogens is 1. The normalized spacial score (nSPS) is 18.8. The maximum absolute atomic E-state index is 6.10. The summed E-state index contributed by atoms with van der Waals surface area (Å²) in [5.74, 6) is 1.30. The first-order valence-corrected chi connectivity index (χ1v) is 7.75. The largest absolute Gasteiger partial charge is 0.363 e. The minimum atomic E-state index is 0.426. The van der Waals surface area contributed by atoms with Crippen LogP contribution in [-0.4, -0.2) is 34.2 Å². The van der Waals surface area contributed by atoms with Crippen LogP contribution in [0, 0.1) is 0 Å². The smallest absolute Gasteiger partial charge is 0.232 e. The van der Waals surface area contributed by atoms with Crippen molar-refractivity contribution in [3.63, 3.8) is 0 Å². The number of nitrogens with zero attached hydrogens (tertiary/aromatic N) is 3. The predicted molar refractivity (Wildman–Crippen MR) is 87.6 cm³/mol. The molecule has 1 aliphatic heterocycles. The molecule has 0 spiro atoms. The number of piperidine rings is 1. The van der Waals surface area contributed by atoms with Gasteiger partial charge in [-0.1, -0.05) is 11.6 Å². The Bertz CT molecular complexity index is 482. The third kappa shape index (κ3) is 3.93. The molecule has 1 saturated heterocycles. The lowest BCUT2D eigenvalue weighted by atomic mass is 10.0. The van der Waals surface area contributed by atoms with Gasteiger partial charge in [0.15, 0.2) is 5.11 Å². The average molecular weight is 314 g/mol. The Morgan fingerprint density at radius 2 is 2.30 bits per heavy atom. The molecule has 0 radical (unpaired) electrons. The van der Waals surface area contributed by atoms with E-state index in [0.717, 1.165) is 18.9 Å². The molecule has 1 aromatic rings. The molecular formula is C13H20ClN5S. The van der Waals surface area contributed by atoms with E-state index in [1.54, 1.807) is 0 Å². The summed E-state index contributed by atoms with van der Waals surface area (Å²) in [5.41, 5.74) is 0. The highest BCUT2D eigenvalue weighted by Gasteiger charge is 2.20. The second kappa shape index (κ2) is 7.04. The van der Waals surface area contributed by atoms with Gasteiger partial charge >= 0.3 is 0 Å². The monoisotopic (exact) mass is 313 g/mol. The summed E-state index contributed by atoms with van der Waals surface area (Å²) in [5, 5.41) is 6.90. The Hall–Kier alpha value is -1.14. The van der Waals surface area contributed by atoms with Crippen LogP contribution in [0.5, 0.6) is 0 Å². The quantitative estimate of drug-likeness (QED) is 0.661. The van der Waals surface area contributed by atoms with Gasteiger partial charge in [0.2, 0.25) is 5.95 Å². The third-order valence-electron chi connectivity index (χ3n) is 3.34. The summed E-state index contributed by atoms with van der Waals surface area (Å²) < 4.78 is 0. The molecule has 1 unspecified atom stereocenters. The van der Waals surface area contributed by atoms with Crippen LogP contribution in [0.25, 0.3) is 0 Å². The average Bonchev–Trinajstić information content (AvgIpc) is 2.38. The molecular weight excluding hydrogens is 294 g/mol. The van der Waals surface area contributed by atoms with Crippen molar-refractivity contribution in [2.24, 2.45) is 0 Å². The van der Waals surface area contributed by atoms with Crippen LogP contribution in [0.3, 0.4) is 0 Å². The van der Waals surface area contributed by atoms with Crippen LogP contribution in [0.4, 0.5) is 11.8 Å². The van der Waals surface area contributed by atoms with Crippen molar-refractivity contribution in [3.05, 3.63) is 11.2 Å². The number of hydrogen-bond donors (Lipinski definition) is 2. The van der Waals surface area contributed by atoms with Gasteiger partial charge in [-0.25, -0.2) is 4.98 Å². The molecule has 0 saturated carbocycles. The van der Waals surface area contributed by atoms with Crippen LogP contribution in [0.15, 0.2) is 6.07 Å². The molecule has 5 nitrogen and oxygen atoms in total. The summed E-state index contributed by atoms with van der Waals surface area (Å²) >= 11 is 11.2. The molecule has 2 heterocycles. The highest BCUT2D eigenvalue weighted by molar-refractivity contribution is 7.80. The van der Waals surface area contributed by atoms with Crippen LogP contribution < -0.4 is 15.5 Å². The molecule has 1 aromatic heterocycles. The molecule has 1 aliphatic rings. The van der Waals surface area contributed by atoms with E-state index in [4.69, 9.17) is 23.8 Å². The van der Waals surface area contributed by atoms with Crippen molar-refractivity contribution < 1.29 is 0 Å². The van der Waals surface area contributed by atoms with E-state index < -0.39 is 0 Å². The molecule has 20 heavy (non-hydrogen) atoms. The number of thiocarbonyl (C=S) groups is 1. The van der Waals surface area contributed by atoms with Gasteiger partial charge in [-0.15, -0.1) is 0 Å². The van der Waals surface area contributed by atoms with Crippen molar-refractivity contribution >= 4 is 40.7 Å². The first-order valence-electron chi connectivity index (χ1n) is 6.96. The van der Waals surface area contributed by atoms with Crippen molar-refractivity contribution in [1.82, 2.24) is 15.3 Å². The highest BCUT2D eigenvalue weighted by atomic mass is 35.5. The summed E-state index contributed by atoms with van der Waals surface area (Å²) in [6.07, 6.45) is 3.64. The van der Waals surface area contributed by atoms with Gasteiger partial charge in [0.1, 0.15) is 11.0 Å². The third-order valence-corrected chi connectivity index (χ3v) is 3.78. The van der Waals surface area contributed by atoms with Gasteiger partial charge in [0.25, 0.3) is 0 Å². The van der Waals surface area contributed by atoms with Gasteiger partial charge < -0.3 is 15.5 Å². The van der Waals surface area contributed by atoms with E-state index >= 15 is 0 Å². The van der Waals surface area contributed by atoms with Crippen molar-refractivity contribution in [2.75, 3.05) is 23.3 Å². The topological polar surface area (TPSA) is 53.1 Å². The van der Waals surface area contributed by atoms with E-state index in [1.807, 2.05) is 13.0 Å². The van der Waals surface area contributed by atoms with E-state index in [0.29, 0.717) is 22.3 Å². The van der Waals surface area contributed by atoms with Crippen molar-refractivity contribution in [3.8, 4) is 0 Å². The van der Waals surface area contributed by atoms with E-state index in [-0.39, 0.29) is 0 Å². The summed E-state index contributed by atoms with van der Waals surface area (Å²) in [6, 6.07) is 2.29. The molecule has 7 heteroatoms. The standard InChI is InChI=1S/C13H20ClN5S/c1-3-15-13(20)18-12-16-10(14)8-11(17-12)19-7-5-4-6-9(19)2/h8-9H,3-7H2,1-2H3,(H2,15,16,17,18,20). The zero-order chi connectivity index (χ0) is 14.5.